The van der Waals surface area contributed by atoms with E-state index < -0.39 is 5.60 Å². The molecule has 1 aromatic heterocycles. The summed E-state index contributed by atoms with van der Waals surface area (Å²) < 4.78 is 20.8. The van der Waals surface area contributed by atoms with Gasteiger partial charge in [-0.15, -0.1) is 0 Å². The van der Waals surface area contributed by atoms with Crippen LogP contribution in [0.5, 0.6) is 0 Å². The lowest BCUT2D eigenvalue weighted by Gasteiger charge is -2.28. The van der Waals surface area contributed by atoms with Gasteiger partial charge in [0.25, 0.3) is 0 Å². The Morgan fingerprint density at radius 2 is 1.87 bits per heavy atom. The molecule has 166 valence electrons. The molecule has 1 heterocycles. The number of ether oxygens (including phenoxy) is 1. The second-order valence-electron chi connectivity index (χ2n) is 8.79. The summed E-state index contributed by atoms with van der Waals surface area (Å²) in [5.41, 5.74) is 2.37. The Balaban J connectivity index is 1.68. The maximum atomic E-state index is 13.3. The first-order valence-electron chi connectivity index (χ1n) is 10.5. The molecule has 1 atom stereocenters. The largest absolute Gasteiger partial charge is 0.444 e. The SMILES string of the molecule is CC(CCNc1nc2ccccc2n1Cc1ccc(F)cc1)N(C)C(=O)OC(C)(C)C. The Morgan fingerprint density at radius 1 is 1.19 bits per heavy atom. The number of carbonyl (C=O) groups excluding carboxylic acids is 1. The van der Waals surface area contributed by atoms with Crippen molar-refractivity contribution in [3.63, 3.8) is 0 Å². The normalized spacial score (nSPS) is 12.6. The number of hydrogen-bond acceptors (Lipinski definition) is 4. The minimum atomic E-state index is -0.519. The Labute approximate surface area is 183 Å². The first-order chi connectivity index (χ1) is 14.6. The van der Waals surface area contributed by atoms with E-state index in [4.69, 9.17) is 9.72 Å². The molecule has 0 bridgehead atoms. The topological polar surface area (TPSA) is 59.4 Å². The quantitative estimate of drug-likeness (QED) is 0.558. The van der Waals surface area contributed by atoms with Crippen molar-refractivity contribution < 1.29 is 13.9 Å². The zero-order valence-electron chi connectivity index (χ0n) is 18.9. The Bertz CT molecular complexity index is 1020. The molecule has 0 aliphatic rings. The number of rotatable bonds is 7. The molecule has 0 aliphatic carbocycles. The molecule has 0 saturated heterocycles. The maximum Gasteiger partial charge on any atom is 0.410 e. The number of amides is 1. The van der Waals surface area contributed by atoms with Crippen molar-refractivity contribution >= 4 is 23.1 Å². The fourth-order valence-electron chi connectivity index (χ4n) is 3.24. The van der Waals surface area contributed by atoms with Crippen molar-refractivity contribution in [3.8, 4) is 0 Å². The predicted molar refractivity (Wildman–Crippen MR) is 122 cm³/mol. The van der Waals surface area contributed by atoms with E-state index in [0.717, 1.165) is 29.0 Å². The summed E-state index contributed by atoms with van der Waals surface area (Å²) in [4.78, 5) is 18.6. The van der Waals surface area contributed by atoms with E-state index in [1.165, 1.54) is 12.1 Å². The fraction of sp³-hybridized carbons (Fsp3) is 0.417. The highest BCUT2D eigenvalue weighted by Gasteiger charge is 2.23. The highest BCUT2D eigenvalue weighted by atomic mass is 19.1. The van der Waals surface area contributed by atoms with Gasteiger partial charge in [-0.05, 0) is 63.9 Å². The van der Waals surface area contributed by atoms with Gasteiger partial charge in [-0.1, -0.05) is 24.3 Å². The Hall–Kier alpha value is -3.09. The summed E-state index contributed by atoms with van der Waals surface area (Å²) >= 11 is 0. The molecule has 31 heavy (non-hydrogen) atoms. The lowest BCUT2D eigenvalue weighted by molar-refractivity contribution is 0.0232. The van der Waals surface area contributed by atoms with E-state index in [1.807, 2.05) is 52.0 Å². The van der Waals surface area contributed by atoms with E-state index in [9.17, 15) is 9.18 Å². The number of carbonyl (C=O) groups is 1. The number of halogens is 1. The standard InChI is InChI=1S/C24H31FN4O2/c1-17(28(5)23(30)31-24(2,3)4)14-15-26-22-27-20-8-6-7-9-21(20)29(22)16-18-10-12-19(25)13-11-18/h6-13,17H,14-16H2,1-5H3,(H,26,27). The summed E-state index contributed by atoms with van der Waals surface area (Å²) in [7, 11) is 1.75. The zero-order valence-corrected chi connectivity index (χ0v) is 18.9. The maximum absolute atomic E-state index is 13.3. The molecule has 0 radical (unpaired) electrons. The van der Waals surface area contributed by atoms with Crippen LogP contribution in [-0.2, 0) is 11.3 Å². The number of imidazole rings is 1. The third-order valence-electron chi connectivity index (χ3n) is 5.10. The van der Waals surface area contributed by atoms with Gasteiger partial charge in [0.15, 0.2) is 0 Å². The number of fused-ring (bicyclic) bond motifs is 1. The van der Waals surface area contributed by atoms with Crippen LogP contribution in [0.15, 0.2) is 48.5 Å². The van der Waals surface area contributed by atoms with Gasteiger partial charge in [0.2, 0.25) is 5.95 Å². The molecular weight excluding hydrogens is 395 g/mol. The number of nitrogens with one attached hydrogen (secondary N) is 1. The Morgan fingerprint density at radius 3 is 2.55 bits per heavy atom. The van der Waals surface area contributed by atoms with Crippen LogP contribution in [-0.4, -0.2) is 45.8 Å². The third-order valence-corrected chi connectivity index (χ3v) is 5.10. The van der Waals surface area contributed by atoms with Crippen molar-refractivity contribution in [1.29, 1.82) is 0 Å². The molecule has 0 fully saturated rings. The number of anilines is 1. The first-order valence-corrected chi connectivity index (χ1v) is 10.5. The van der Waals surface area contributed by atoms with Crippen LogP contribution in [0, 0.1) is 5.82 Å². The van der Waals surface area contributed by atoms with Crippen LogP contribution in [0.2, 0.25) is 0 Å². The van der Waals surface area contributed by atoms with Gasteiger partial charge < -0.3 is 19.5 Å². The molecular formula is C24H31FN4O2. The molecule has 2 aromatic carbocycles. The molecule has 6 nitrogen and oxygen atoms in total. The summed E-state index contributed by atoms with van der Waals surface area (Å²) in [6.45, 7) is 8.79. The summed E-state index contributed by atoms with van der Waals surface area (Å²) in [6.07, 6.45) is 0.402. The van der Waals surface area contributed by atoms with E-state index >= 15 is 0 Å². The number of aromatic nitrogens is 2. The zero-order chi connectivity index (χ0) is 22.6. The van der Waals surface area contributed by atoms with Crippen molar-refractivity contribution in [3.05, 3.63) is 59.9 Å². The van der Waals surface area contributed by atoms with Crippen molar-refractivity contribution in [1.82, 2.24) is 14.5 Å². The molecule has 1 N–H and O–H groups in total. The van der Waals surface area contributed by atoms with E-state index in [0.29, 0.717) is 13.1 Å². The molecule has 3 aromatic rings. The second kappa shape index (κ2) is 9.37. The average molecular weight is 427 g/mol. The number of hydrogen-bond donors (Lipinski definition) is 1. The van der Waals surface area contributed by atoms with Gasteiger partial charge in [0.1, 0.15) is 11.4 Å². The summed E-state index contributed by atoms with van der Waals surface area (Å²) in [6, 6.07) is 14.4. The lowest BCUT2D eigenvalue weighted by atomic mass is 10.2. The van der Waals surface area contributed by atoms with E-state index in [1.54, 1.807) is 24.1 Å². The third kappa shape index (κ3) is 5.96. The molecule has 0 saturated carbocycles. The molecule has 7 heteroatoms. The lowest BCUT2D eigenvalue weighted by Crippen LogP contribution is -2.40. The van der Waals surface area contributed by atoms with E-state index in [2.05, 4.69) is 9.88 Å². The van der Waals surface area contributed by atoms with Crippen molar-refractivity contribution in [2.45, 2.75) is 52.3 Å². The summed E-state index contributed by atoms with van der Waals surface area (Å²) in [5.74, 6) is 0.498. The highest BCUT2D eigenvalue weighted by molar-refractivity contribution is 5.78. The van der Waals surface area contributed by atoms with Crippen LogP contribution < -0.4 is 5.32 Å². The van der Waals surface area contributed by atoms with Gasteiger partial charge in [0.05, 0.1) is 17.6 Å². The average Bonchev–Trinajstić information content (AvgIpc) is 3.05. The molecule has 1 unspecified atom stereocenters. The van der Waals surface area contributed by atoms with Crippen LogP contribution >= 0.6 is 0 Å². The fourth-order valence-corrected chi connectivity index (χ4v) is 3.24. The number of para-hydroxylation sites is 2. The Kier molecular flexibility index (Phi) is 6.83. The minimum absolute atomic E-state index is 0.00252. The van der Waals surface area contributed by atoms with Crippen molar-refractivity contribution in [2.75, 3.05) is 18.9 Å². The number of benzene rings is 2. The van der Waals surface area contributed by atoms with E-state index in [-0.39, 0.29) is 18.0 Å². The highest BCUT2D eigenvalue weighted by Crippen LogP contribution is 2.22. The van der Waals surface area contributed by atoms with Crippen LogP contribution in [0.3, 0.4) is 0 Å². The molecule has 3 rings (SSSR count). The molecule has 0 aliphatic heterocycles. The first kappa shape index (κ1) is 22.6. The van der Waals surface area contributed by atoms with Gasteiger partial charge in [-0.2, -0.15) is 0 Å². The minimum Gasteiger partial charge on any atom is -0.444 e. The second-order valence-corrected chi connectivity index (χ2v) is 8.79. The van der Waals surface area contributed by atoms with Crippen LogP contribution in [0.4, 0.5) is 15.1 Å². The summed E-state index contributed by atoms with van der Waals surface area (Å²) in [5, 5.41) is 3.41. The van der Waals surface area contributed by atoms with Crippen LogP contribution in [0.1, 0.15) is 39.7 Å². The van der Waals surface area contributed by atoms with Gasteiger partial charge >= 0.3 is 6.09 Å². The van der Waals surface area contributed by atoms with Crippen LogP contribution in [0.25, 0.3) is 11.0 Å². The molecule has 0 spiro atoms. The number of nitrogens with zero attached hydrogens (tertiary/aromatic N) is 3. The van der Waals surface area contributed by atoms with Gasteiger partial charge in [-0.3, -0.25) is 0 Å². The predicted octanol–water partition coefficient (Wildman–Crippen LogP) is 5.28. The van der Waals surface area contributed by atoms with Gasteiger partial charge in [0, 0.05) is 19.6 Å². The van der Waals surface area contributed by atoms with Crippen molar-refractivity contribution in [2.24, 2.45) is 0 Å². The molecule has 1 amide bonds. The monoisotopic (exact) mass is 426 g/mol. The smallest absolute Gasteiger partial charge is 0.410 e. The van der Waals surface area contributed by atoms with Gasteiger partial charge in [-0.25, -0.2) is 14.2 Å².